The molecule has 0 fully saturated rings. The molecule has 0 aliphatic rings. The highest BCUT2D eigenvalue weighted by Gasteiger charge is 2.00. The molecule has 0 saturated carbocycles. The maximum absolute atomic E-state index is 11.0. The van der Waals surface area contributed by atoms with Crippen LogP contribution in [-0.2, 0) is 9.59 Å². The second-order valence-corrected chi connectivity index (χ2v) is 7.80. The van der Waals surface area contributed by atoms with E-state index in [1.807, 2.05) is 72.1 Å². The van der Waals surface area contributed by atoms with Gasteiger partial charge < -0.3 is 10.6 Å². The van der Waals surface area contributed by atoms with Gasteiger partial charge in [-0.15, -0.1) is 23.5 Å². The van der Waals surface area contributed by atoms with Crippen molar-refractivity contribution < 1.29 is 9.59 Å². The Morgan fingerprint density at radius 2 is 1.08 bits per heavy atom. The molecule has 0 bridgehead atoms. The number of benzene rings is 2. The first kappa shape index (κ1) is 19.4. The van der Waals surface area contributed by atoms with Crippen LogP contribution < -0.4 is 10.6 Å². The maximum atomic E-state index is 11.0. The molecule has 0 unspecified atom stereocenters. The minimum atomic E-state index is -0.0532. The summed E-state index contributed by atoms with van der Waals surface area (Å²) >= 11 is 3.64. The molecule has 0 aliphatic heterocycles. The van der Waals surface area contributed by atoms with Crippen molar-refractivity contribution >= 4 is 46.7 Å². The van der Waals surface area contributed by atoms with E-state index in [4.69, 9.17) is 0 Å². The highest BCUT2D eigenvalue weighted by Crippen LogP contribution is 2.24. The van der Waals surface area contributed by atoms with Crippen LogP contribution in [-0.4, -0.2) is 23.3 Å². The summed E-state index contributed by atoms with van der Waals surface area (Å²) in [6.07, 6.45) is 1.11. The summed E-state index contributed by atoms with van der Waals surface area (Å²) in [6.45, 7) is 3.02. The molecule has 0 aliphatic carbocycles. The smallest absolute Gasteiger partial charge is 0.221 e. The summed E-state index contributed by atoms with van der Waals surface area (Å²) in [6, 6.07) is 15.8. The predicted octanol–water partition coefficient (Wildman–Crippen LogP) is 4.88. The number of thioether (sulfide) groups is 2. The van der Waals surface area contributed by atoms with Gasteiger partial charge in [0.1, 0.15) is 0 Å². The summed E-state index contributed by atoms with van der Waals surface area (Å²) in [5.41, 5.74) is 1.66. The van der Waals surface area contributed by atoms with Crippen molar-refractivity contribution in [1.29, 1.82) is 0 Å². The number of hydrogen-bond donors (Lipinski definition) is 2. The molecule has 2 rings (SSSR count). The molecule has 0 atom stereocenters. The van der Waals surface area contributed by atoms with Crippen molar-refractivity contribution in [2.24, 2.45) is 0 Å². The number of amides is 2. The predicted molar refractivity (Wildman–Crippen MR) is 108 cm³/mol. The topological polar surface area (TPSA) is 58.2 Å². The van der Waals surface area contributed by atoms with Gasteiger partial charge in [-0.25, -0.2) is 0 Å². The molecule has 2 amide bonds. The Kier molecular flexibility index (Phi) is 7.88. The minimum Gasteiger partial charge on any atom is -0.326 e. The van der Waals surface area contributed by atoms with E-state index in [2.05, 4.69) is 10.6 Å². The summed E-state index contributed by atoms with van der Waals surface area (Å²) in [5, 5.41) is 5.53. The molecule has 6 heteroatoms. The second kappa shape index (κ2) is 10.2. The van der Waals surface area contributed by atoms with E-state index in [1.165, 1.54) is 23.6 Å². The van der Waals surface area contributed by atoms with E-state index >= 15 is 0 Å². The Bertz CT molecular complexity index is 639. The SMILES string of the molecule is CC(=O)Nc1ccc(SCCCSc2ccc(NC(C)=O)cc2)cc1. The van der Waals surface area contributed by atoms with Crippen LogP contribution in [0.15, 0.2) is 58.3 Å². The first-order valence-electron chi connectivity index (χ1n) is 8.04. The first-order valence-corrected chi connectivity index (χ1v) is 10.0. The molecule has 4 nitrogen and oxygen atoms in total. The van der Waals surface area contributed by atoms with Crippen LogP contribution in [0.1, 0.15) is 20.3 Å². The fourth-order valence-corrected chi connectivity index (χ4v) is 4.00. The van der Waals surface area contributed by atoms with Gasteiger partial charge in [-0.05, 0) is 66.5 Å². The zero-order valence-electron chi connectivity index (χ0n) is 14.4. The number of anilines is 2. The molecule has 2 aromatic rings. The third kappa shape index (κ3) is 7.67. The number of carbonyl (C=O) groups excluding carboxylic acids is 2. The summed E-state index contributed by atoms with van der Waals surface area (Å²) in [4.78, 5) is 24.4. The largest absolute Gasteiger partial charge is 0.326 e. The molecule has 132 valence electrons. The van der Waals surface area contributed by atoms with E-state index in [0.29, 0.717) is 0 Å². The van der Waals surface area contributed by atoms with Gasteiger partial charge in [-0.3, -0.25) is 9.59 Å². The fraction of sp³-hybridized carbons (Fsp3) is 0.263. The quantitative estimate of drug-likeness (QED) is 0.511. The zero-order valence-corrected chi connectivity index (χ0v) is 16.0. The normalized spacial score (nSPS) is 10.3. The lowest BCUT2D eigenvalue weighted by Crippen LogP contribution is -2.05. The summed E-state index contributed by atoms with van der Waals surface area (Å²) in [5.74, 6) is 2.00. The lowest BCUT2D eigenvalue weighted by molar-refractivity contribution is -0.115. The third-order valence-electron chi connectivity index (χ3n) is 3.18. The molecule has 0 heterocycles. The van der Waals surface area contributed by atoms with Crippen molar-refractivity contribution in [1.82, 2.24) is 0 Å². The maximum Gasteiger partial charge on any atom is 0.221 e. The summed E-state index contributed by atoms with van der Waals surface area (Å²) < 4.78 is 0. The monoisotopic (exact) mass is 374 g/mol. The van der Waals surface area contributed by atoms with E-state index in [-0.39, 0.29) is 11.8 Å². The Morgan fingerprint density at radius 1 is 0.720 bits per heavy atom. The van der Waals surface area contributed by atoms with Crippen molar-refractivity contribution in [2.45, 2.75) is 30.1 Å². The zero-order chi connectivity index (χ0) is 18.1. The Balaban J connectivity index is 1.66. The van der Waals surface area contributed by atoms with Crippen molar-refractivity contribution in [2.75, 3.05) is 22.1 Å². The van der Waals surface area contributed by atoms with Gasteiger partial charge in [0.15, 0.2) is 0 Å². The van der Waals surface area contributed by atoms with E-state index < -0.39 is 0 Å². The van der Waals surface area contributed by atoms with Crippen LogP contribution in [0.5, 0.6) is 0 Å². The number of carbonyl (C=O) groups is 2. The van der Waals surface area contributed by atoms with Crippen molar-refractivity contribution in [3.05, 3.63) is 48.5 Å². The molecular formula is C19H22N2O2S2. The van der Waals surface area contributed by atoms with Gasteiger partial charge in [-0.2, -0.15) is 0 Å². The summed E-state index contributed by atoms with van der Waals surface area (Å²) in [7, 11) is 0. The van der Waals surface area contributed by atoms with Crippen LogP contribution in [0.2, 0.25) is 0 Å². The Hall–Kier alpha value is -1.92. The lowest BCUT2D eigenvalue weighted by atomic mass is 10.3. The van der Waals surface area contributed by atoms with Crippen LogP contribution >= 0.6 is 23.5 Å². The lowest BCUT2D eigenvalue weighted by Gasteiger charge is -2.06. The minimum absolute atomic E-state index is 0.0532. The molecule has 25 heavy (non-hydrogen) atoms. The number of nitrogens with one attached hydrogen (secondary N) is 2. The Morgan fingerprint density at radius 3 is 1.40 bits per heavy atom. The average molecular weight is 375 g/mol. The average Bonchev–Trinajstić information content (AvgIpc) is 2.56. The molecule has 0 saturated heterocycles. The van der Waals surface area contributed by atoms with Gasteiger partial charge in [-0.1, -0.05) is 0 Å². The van der Waals surface area contributed by atoms with Crippen LogP contribution in [0, 0.1) is 0 Å². The van der Waals surface area contributed by atoms with Crippen molar-refractivity contribution in [3.8, 4) is 0 Å². The standard InChI is InChI=1S/C19H22N2O2S2/c1-14(22)20-16-4-8-18(9-5-16)24-12-3-13-25-19-10-6-17(7-11-19)21-15(2)23/h4-11H,3,12-13H2,1-2H3,(H,20,22)(H,21,23). The molecule has 2 aromatic carbocycles. The Labute approximate surface area is 157 Å². The highest BCUT2D eigenvalue weighted by molar-refractivity contribution is 8.00. The van der Waals surface area contributed by atoms with E-state index in [0.717, 1.165) is 29.3 Å². The van der Waals surface area contributed by atoms with Crippen LogP contribution in [0.25, 0.3) is 0 Å². The molecule has 0 aromatic heterocycles. The van der Waals surface area contributed by atoms with Gasteiger partial charge in [0.05, 0.1) is 0 Å². The van der Waals surface area contributed by atoms with Crippen LogP contribution in [0.4, 0.5) is 11.4 Å². The van der Waals surface area contributed by atoms with Crippen LogP contribution in [0.3, 0.4) is 0 Å². The second-order valence-electron chi connectivity index (χ2n) is 5.46. The molecular weight excluding hydrogens is 352 g/mol. The van der Waals surface area contributed by atoms with Gasteiger partial charge in [0.2, 0.25) is 11.8 Å². The molecule has 2 N–H and O–H groups in total. The van der Waals surface area contributed by atoms with Crippen molar-refractivity contribution in [3.63, 3.8) is 0 Å². The highest BCUT2D eigenvalue weighted by atomic mass is 32.2. The fourth-order valence-electron chi connectivity index (χ4n) is 2.11. The third-order valence-corrected chi connectivity index (χ3v) is 5.37. The number of rotatable bonds is 8. The van der Waals surface area contributed by atoms with Gasteiger partial charge in [0.25, 0.3) is 0 Å². The molecule has 0 spiro atoms. The van der Waals surface area contributed by atoms with E-state index in [1.54, 1.807) is 0 Å². The first-order chi connectivity index (χ1) is 12.0. The van der Waals surface area contributed by atoms with E-state index in [9.17, 15) is 9.59 Å². The van der Waals surface area contributed by atoms with Gasteiger partial charge in [0, 0.05) is 35.0 Å². The molecule has 0 radical (unpaired) electrons. The number of hydrogen-bond acceptors (Lipinski definition) is 4. The van der Waals surface area contributed by atoms with Gasteiger partial charge >= 0.3 is 0 Å².